The van der Waals surface area contributed by atoms with Crippen LogP contribution in [-0.2, 0) is 9.47 Å². The molecule has 1 unspecified atom stereocenters. The molecule has 0 radical (unpaired) electrons. The van der Waals surface area contributed by atoms with Crippen molar-refractivity contribution in [3.05, 3.63) is 0 Å². The zero-order valence-corrected chi connectivity index (χ0v) is 13.5. The summed E-state index contributed by atoms with van der Waals surface area (Å²) in [4.78, 5) is 2.48. The van der Waals surface area contributed by atoms with Crippen LogP contribution >= 0.6 is 0 Å². The van der Waals surface area contributed by atoms with Crippen molar-refractivity contribution in [3.8, 4) is 0 Å². The molecule has 0 aromatic heterocycles. The second-order valence-corrected chi connectivity index (χ2v) is 5.52. The van der Waals surface area contributed by atoms with Crippen LogP contribution in [0.3, 0.4) is 0 Å². The van der Waals surface area contributed by atoms with Gasteiger partial charge in [-0.05, 0) is 52.6 Å². The number of nitrogens with one attached hydrogen (secondary N) is 1. The Morgan fingerprint density at radius 2 is 1.70 bits per heavy atom. The van der Waals surface area contributed by atoms with Crippen molar-refractivity contribution in [2.45, 2.75) is 52.0 Å². The lowest BCUT2D eigenvalue weighted by Gasteiger charge is -2.26. The number of hydrogen-bond donors (Lipinski definition) is 1. The Hall–Kier alpha value is -0.160. The molecule has 4 heteroatoms. The van der Waals surface area contributed by atoms with E-state index in [4.69, 9.17) is 9.47 Å². The summed E-state index contributed by atoms with van der Waals surface area (Å²) < 4.78 is 10.9. The summed E-state index contributed by atoms with van der Waals surface area (Å²) in [7, 11) is 0. The van der Waals surface area contributed by atoms with E-state index in [2.05, 4.69) is 24.1 Å². The maximum absolute atomic E-state index is 5.47. The molecule has 0 bridgehead atoms. The smallest absolute Gasteiger partial charge is 0.0593 e. The third-order valence-corrected chi connectivity index (χ3v) is 3.95. The topological polar surface area (TPSA) is 33.7 Å². The van der Waals surface area contributed by atoms with Crippen molar-refractivity contribution in [3.63, 3.8) is 0 Å². The van der Waals surface area contributed by atoms with E-state index >= 15 is 0 Å². The van der Waals surface area contributed by atoms with Crippen molar-refractivity contribution in [2.75, 3.05) is 52.6 Å². The molecule has 1 aliphatic rings. The van der Waals surface area contributed by atoms with E-state index in [1.165, 1.54) is 45.2 Å². The Labute approximate surface area is 125 Å². The maximum Gasteiger partial charge on any atom is 0.0593 e. The molecule has 120 valence electrons. The van der Waals surface area contributed by atoms with Gasteiger partial charge in [0.2, 0.25) is 0 Å². The van der Waals surface area contributed by atoms with Gasteiger partial charge in [0.1, 0.15) is 0 Å². The largest absolute Gasteiger partial charge is 0.380 e. The first-order valence-corrected chi connectivity index (χ1v) is 8.48. The summed E-state index contributed by atoms with van der Waals surface area (Å²) >= 11 is 0. The lowest BCUT2D eigenvalue weighted by molar-refractivity contribution is 0.0816. The minimum absolute atomic E-state index is 0.754. The van der Waals surface area contributed by atoms with E-state index in [1.54, 1.807) is 0 Å². The molecule has 1 saturated heterocycles. The molecule has 1 atom stereocenters. The second-order valence-electron chi connectivity index (χ2n) is 5.52. The first-order valence-electron chi connectivity index (χ1n) is 8.48. The highest BCUT2D eigenvalue weighted by Gasteiger charge is 2.12. The van der Waals surface area contributed by atoms with Crippen LogP contribution in [0.2, 0.25) is 0 Å². The average Bonchev–Trinajstić information content (AvgIpc) is 2.48. The Morgan fingerprint density at radius 1 is 1.00 bits per heavy atom. The molecule has 1 N–H and O–H groups in total. The van der Waals surface area contributed by atoms with Gasteiger partial charge in [0.05, 0.1) is 13.2 Å². The molecule has 1 rings (SSSR count). The van der Waals surface area contributed by atoms with Crippen LogP contribution in [0.4, 0.5) is 0 Å². The highest BCUT2D eigenvalue weighted by atomic mass is 16.5. The summed E-state index contributed by atoms with van der Waals surface area (Å²) in [6, 6.07) is 0.754. The van der Waals surface area contributed by atoms with Gasteiger partial charge >= 0.3 is 0 Å². The molecule has 20 heavy (non-hydrogen) atoms. The molecule has 1 fully saturated rings. The molecule has 0 aliphatic carbocycles. The van der Waals surface area contributed by atoms with Crippen LogP contribution in [0, 0.1) is 0 Å². The Kier molecular flexibility index (Phi) is 11.2. The van der Waals surface area contributed by atoms with Crippen molar-refractivity contribution in [1.82, 2.24) is 10.2 Å². The van der Waals surface area contributed by atoms with Crippen molar-refractivity contribution >= 4 is 0 Å². The van der Waals surface area contributed by atoms with Crippen LogP contribution < -0.4 is 5.32 Å². The molecule has 0 saturated carbocycles. The van der Waals surface area contributed by atoms with E-state index in [0.717, 1.165) is 45.6 Å². The highest BCUT2D eigenvalue weighted by Crippen LogP contribution is 2.12. The van der Waals surface area contributed by atoms with E-state index in [9.17, 15) is 0 Å². The van der Waals surface area contributed by atoms with Gasteiger partial charge < -0.3 is 14.8 Å². The standard InChI is InChI=1S/C16H34N2O2/c1-3-19-14-12-18(13-15-20-4-2)11-7-9-16-8-5-6-10-17-16/h16-17H,3-15H2,1-2H3. The molecule has 0 spiro atoms. The lowest BCUT2D eigenvalue weighted by atomic mass is 10.0. The number of piperidine rings is 1. The minimum Gasteiger partial charge on any atom is -0.380 e. The predicted molar refractivity (Wildman–Crippen MR) is 84.3 cm³/mol. The number of rotatable bonds is 12. The van der Waals surface area contributed by atoms with Crippen molar-refractivity contribution in [2.24, 2.45) is 0 Å². The van der Waals surface area contributed by atoms with E-state index in [-0.39, 0.29) is 0 Å². The quantitative estimate of drug-likeness (QED) is 0.558. The Balaban J connectivity index is 2.12. The monoisotopic (exact) mass is 286 g/mol. The van der Waals surface area contributed by atoms with E-state index < -0.39 is 0 Å². The van der Waals surface area contributed by atoms with Crippen molar-refractivity contribution < 1.29 is 9.47 Å². The molecular formula is C16H34N2O2. The molecular weight excluding hydrogens is 252 g/mol. The summed E-state index contributed by atoms with van der Waals surface area (Å²) in [5.41, 5.74) is 0. The third kappa shape index (κ3) is 8.90. The van der Waals surface area contributed by atoms with Crippen molar-refractivity contribution in [1.29, 1.82) is 0 Å². The molecule has 0 aromatic carbocycles. The summed E-state index contributed by atoms with van der Waals surface area (Å²) in [6.07, 6.45) is 6.69. The fraction of sp³-hybridized carbons (Fsp3) is 1.00. The minimum atomic E-state index is 0.754. The van der Waals surface area contributed by atoms with Gasteiger partial charge in [-0.15, -0.1) is 0 Å². The number of hydrogen-bond acceptors (Lipinski definition) is 4. The first-order chi connectivity index (χ1) is 9.86. The third-order valence-electron chi connectivity index (χ3n) is 3.95. The van der Waals surface area contributed by atoms with Gasteiger partial charge in [-0.1, -0.05) is 6.42 Å². The zero-order valence-electron chi connectivity index (χ0n) is 13.5. The fourth-order valence-corrected chi connectivity index (χ4v) is 2.74. The molecule has 0 aromatic rings. The van der Waals surface area contributed by atoms with Gasteiger partial charge in [0, 0.05) is 32.3 Å². The predicted octanol–water partition coefficient (Wildman–Crippen LogP) is 2.28. The van der Waals surface area contributed by atoms with Crippen LogP contribution in [0.1, 0.15) is 46.0 Å². The summed E-state index contributed by atoms with van der Waals surface area (Å²) in [6.45, 7) is 11.8. The maximum atomic E-state index is 5.47. The molecule has 1 heterocycles. The van der Waals surface area contributed by atoms with Gasteiger partial charge in [0.15, 0.2) is 0 Å². The summed E-state index contributed by atoms with van der Waals surface area (Å²) in [5.74, 6) is 0. The fourth-order valence-electron chi connectivity index (χ4n) is 2.74. The van der Waals surface area contributed by atoms with E-state index in [1.807, 2.05) is 0 Å². The Morgan fingerprint density at radius 3 is 2.25 bits per heavy atom. The van der Waals surface area contributed by atoms with E-state index in [0.29, 0.717) is 0 Å². The highest BCUT2D eigenvalue weighted by molar-refractivity contribution is 4.72. The second kappa shape index (κ2) is 12.6. The van der Waals surface area contributed by atoms with Gasteiger partial charge in [-0.25, -0.2) is 0 Å². The SMILES string of the molecule is CCOCCN(CCCC1CCCCN1)CCOCC. The van der Waals surface area contributed by atoms with Gasteiger partial charge in [0.25, 0.3) is 0 Å². The van der Waals surface area contributed by atoms with Crippen LogP contribution in [0.5, 0.6) is 0 Å². The number of nitrogens with zero attached hydrogens (tertiary/aromatic N) is 1. The van der Waals surface area contributed by atoms with Gasteiger partial charge in [-0.3, -0.25) is 4.90 Å². The molecule has 0 amide bonds. The zero-order chi connectivity index (χ0) is 14.5. The van der Waals surface area contributed by atoms with Crippen LogP contribution in [0.15, 0.2) is 0 Å². The van der Waals surface area contributed by atoms with Crippen LogP contribution in [0.25, 0.3) is 0 Å². The molecule has 1 aliphatic heterocycles. The number of ether oxygens (including phenoxy) is 2. The van der Waals surface area contributed by atoms with Gasteiger partial charge in [-0.2, -0.15) is 0 Å². The molecule has 4 nitrogen and oxygen atoms in total. The lowest BCUT2D eigenvalue weighted by Crippen LogP contribution is -2.36. The van der Waals surface area contributed by atoms with Crippen LogP contribution in [-0.4, -0.2) is 63.5 Å². The first kappa shape index (κ1) is 17.9. The Bertz CT molecular complexity index is 199. The average molecular weight is 286 g/mol. The summed E-state index contributed by atoms with van der Waals surface area (Å²) in [5, 5.41) is 3.63. The normalized spacial score (nSPS) is 19.6.